The van der Waals surface area contributed by atoms with Crippen LogP contribution in [0.5, 0.6) is 0 Å². The Labute approximate surface area is 119 Å². The first-order valence-electron chi connectivity index (χ1n) is 7.00. The van der Waals surface area contributed by atoms with Crippen LogP contribution in [0.25, 0.3) is 0 Å². The standard InChI is InChI=1S/C15H24N2OS/c1-14(2,3)11-9-19-13(17-11)8-12(18)15(4)6-5-7-16-10-15/h9,16H,5-8,10H2,1-4H3. The van der Waals surface area contributed by atoms with E-state index in [-0.39, 0.29) is 10.8 Å². The maximum Gasteiger partial charge on any atom is 0.146 e. The third kappa shape index (κ3) is 3.42. The zero-order chi connectivity index (χ0) is 14.1. The van der Waals surface area contributed by atoms with Gasteiger partial charge in [-0.3, -0.25) is 4.79 Å². The zero-order valence-corrected chi connectivity index (χ0v) is 13.2. The van der Waals surface area contributed by atoms with Crippen molar-refractivity contribution in [2.75, 3.05) is 13.1 Å². The summed E-state index contributed by atoms with van der Waals surface area (Å²) in [4.78, 5) is 17.1. The average Bonchev–Trinajstić information content (AvgIpc) is 2.78. The van der Waals surface area contributed by atoms with Gasteiger partial charge in [-0.15, -0.1) is 11.3 Å². The summed E-state index contributed by atoms with van der Waals surface area (Å²) in [5.41, 5.74) is 0.951. The highest BCUT2D eigenvalue weighted by Gasteiger charge is 2.34. The van der Waals surface area contributed by atoms with E-state index in [1.165, 1.54) is 0 Å². The Morgan fingerprint density at radius 1 is 1.53 bits per heavy atom. The van der Waals surface area contributed by atoms with E-state index in [1.807, 2.05) is 0 Å². The Balaban J connectivity index is 2.04. The molecule has 106 valence electrons. The van der Waals surface area contributed by atoms with Gasteiger partial charge in [-0.2, -0.15) is 0 Å². The van der Waals surface area contributed by atoms with Crippen LogP contribution in [0.4, 0.5) is 0 Å². The molecule has 0 aromatic carbocycles. The summed E-state index contributed by atoms with van der Waals surface area (Å²) in [6, 6.07) is 0. The van der Waals surface area contributed by atoms with E-state index >= 15 is 0 Å². The van der Waals surface area contributed by atoms with Crippen molar-refractivity contribution in [1.82, 2.24) is 10.3 Å². The first-order chi connectivity index (χ1) is 8.81. The highest BCUT2D eigenvalue weighted by Crippen LogP contribution is 2.30. The van der Waals surface area contributed by atoms with Gasteiger partial charge in [0.15, 0.2) is 0 Å². The minimum Gasteiger partial charge on any atom is -0.316 e. The summed E-state index contributed by atoms with van der Waals surface area (Å²) < 4.78 is 0. The smallest absolute Gasteiger partial charge is 0.146 e. The maximum atomic E-state index is 12.5. The van der Waals surface area contributed by atoms with Crippen LogP contribution in [0.3, 0.4) is 0 Å². The van der Waals surface area contributed by atoms with E-state index in [2.05, 4.69) is 43.4 Å². The highest BCUT2D eigenvalue weighted by molar-refractivity contribution is 7.09. The van der Waals surface area contributed by atoms with Crippen molar-refractivity contribution in [1.29, 1.82) is 0 Å². The van der Waals surface area contributed by atoms with Crippen molar-refractivity contribution in [2.24, 2.45) is 5.41 Å². The van der Waals surface area contributed by atoms with Crippen molar-refractivity contribution < 1.29 is 4.79 Å². The number of hydrogen-bond acceptors (Lipinski definition) is 4. The lowest BCUT2D eigenvalue weighted by Crippen LogP contribution is -2.44. The van der Waals surface area contributed by atoms with Gasteiger partial charge in [0.05, 0.1) is 12.1 Å². The van der Waals surface area contributed by atoms with E-state index in [0.717, 1.165) is 36.6 Å². The molecule has 1 saturated heterocycles. The minimum atomic E-state index is -0.203. The third-order valence-electron chi connectivity index (χ3n) is 3.90. The molecule has 1 aliphatic heterocycles. The number of thiazole rings is 1. The average molecular weight is 280 g/mol. The molecule has 0 amide bonds. The monoisotopic (exact) mass is 280 g/mol. The van der Waals surface area contributed by atoms with Crippen molar-refractivity contribution in [2.45, 2.75) is 52.4 Å². The summed E-state index contributed by atoms with van der Waals surface area (Å²) in [5.74, 6) is 0.328. The minimum absolute atomic E-state index is 0.0636. The molecule has 0 bridgehead atoms. The van der Waals surface area contributed by atoms with Gasteiger partial charge in [0, 0.05) is 22.8 Å². The largest absolute Gasteiger partial charge is 0.316 e. The van der Waals surface area contributed by atoms with Crippen molar-refractivity contribution in [3.63, 3.8) is 0 Å². The molecular formula is C15H24N2OS. The predicted molar refractivity (Wildman–Crippen MR) is 79.7 cm³/mol. The van der Waals surface area contributed by atoms with Gasteiger partial charge in [0.25, 0.3) is 0 Å². The SMILES string of the molecule is CC1(C(=O)Cc2nc(C(C)(C)C)cs2)CCCNC1. The number of piperidine rings is 1. The first kappa shape index (κ1) is 14.7. The van der Waals surface area contributed by atoms with Crippen LogP contribution >= 0.6 is 11.3 Å². The molecule has 1 aromatic heterocycles. The lowest BCUT2D eigenvalue weighted by atomic mass is 9.78. The van der Waals surface area contributed by atoms with E-state index < -0.39 is 0 Å². The molecule has 1 aliphatic rings. The van der Waals surface area contributed by atoms with Crippen molar-refractivity contribution in [3.8, 4) is 0 Å². The van der Waals surface area contributed by atoms with Crippen LogP contribution in [0.2, 0.25) is 0 Å². The van der Waals surface area contributed by atoms with Gasteiger partial charge in [-0.25, -0.2) is 4.98 Å². The third-order valence-corrected chi connectivity index (χ3v) is 4.75. The van der Waals surface area contributed by atoms with Crippen LogP contribution in [0.15, 0.2) is 5.38 Å². The molecule has 4 heteroatoms. The maximum absolute atomic E-state index is 12.5. The number of nitrogens with zero attached hydrogens (tertiary/aromatic N) is 1. The molecule has 1 N–H and O–H groups in total. The van der Waals surface area contributed by atoms with Gasteiger partial charge < -0.3 is 5.32 Å². The van der Waals surface area contributed by atoms with Crippen LogP contribution < -0.4 is 5.32 Å². The molecule has 1 fully saturated rings. The summed E-state index contributed by atoms with van der Waals surface area (Å²) >= 11 is 1.62. The van der Waals surface area contributed by atoms with Gasteiger partial charge in [0.2, 0.25) is 0 Å². The highest BCUT2D eigenvalue weighted by atomic mass is 32.1. The summed E-state index contributed by atoms with van der Waals surface area (Å²) in [6.45, 7) is 10.4. The van der Waals surface area contributed by atoms with E-state index in [4.69, 9.17) is 0 Å². The van der Waals surface area contributed by atoms with E-state index in [0.29, 0.717) is 12.2 Å². The normalized spacial score (nSPS) is 24.4. The molecule has 2 rings (SSSR count). The number of carbonyl (C=O) groups is 1. The Bertz CT molecular complexity index is 453. The number of hydrogen-bond donors (Lipinski definition) is 1. The number of nitrogens with one attached hydrogen (secondary N) is 1. The number of Topliss-reactive ketones (excluding diaryl/α,β-unsaturated/α-hetero) is 1. The summed E-state index contributed by atoms with van der Waals surface area (Å²) in [5, 5.41) is 6.38. The summed E-state index contributed by atoms with van der Waals surface area (Å²) in [7, 11) is 0. The van der Waals surface area contributed by atoms with Crippen LogP contribution in [0.1, 0.15) is 51.2 Å². The number of aromatic nitrogens is 1. The second kappa shape index (κ2) is 5.33. The summed E-state index contributed by atoms with van der Waals surface area (Å²) in [6.07, 6.45) is 2.57. The second-order valence-electron chi connectivity index (χ2n) is 6.82. The fourth-order valence-electron chi connectivity index (χ4n) is 2.38. The molecule has 1 unspecified atom stereocenters. The van der Waals surface area contributed by atoms with Gasteiger partial charge in [-0.05, 0) is 19.4 Å². The fraction of sp³-hybridized carbons (Fsp3) is 0.733. The first-order valence-corrected chi connectivity index (χ1v) is 7.88. The molecule has 1 atom stereocenters. The Hall–Kier alpha value is -0.740. The lowest BCUT2D eigenvalue weighted by Gasteiger charge is -2.32. The van der Waals surface area contributed by atoms with E-state index in [9.17, 15) is 4.79 Å². The molecule has 2 heterocycles. The molecule has 0 saturated carbocycles. The molecular weight excluding hydrogens is 256 g/mol. The van der Waals surface area contributed by atoms with Gasteiger partial charge >= 0.3 is 0 Å². The second-order valence-corrected chi connectivity index (χ2v) is 7.76. The number of carbonyl (C=O) groups excluding carboxylic acids is 1. The van der Waals surface area contributed by atoms with Crippen LogP contribution in [0, 0.1) is 5.41 Å². The van der Waals surface area contributed by atoms with Gasteiger partial charge in [0.1, 0.15) is 10.8 Å². The molecule has 19 heavy (non-hydrogen) atoms. The molecule has 0 spiro atoms. The predicted octanol–water partition coefficient (Wildman–Crippen LogP) is 2.94. The molecule has 0 radical (unpaired) electrons. The molecule has 1 aromatic rings. The zero-order valence-electron chi connectivity index (χ0n) is 12.4. The molecule has 0 aliphatic carbocycles. The van der Waals surface area contributed by atoms with Crippen LogP contribution in [-0.4, -0.2) is 23.9 Å². The number of ketones is 1. The Morgan fingerprint density at radius 2 is 2.26 bits per heavy atom. The lowest BCUT2D eigenvalue weighted by molar-refractivity contribution is -0.128. The quantitative estimate of drug-likeness (QED) is 0.925. The van der Waals surface area contributed by atoms with Crippen molar-refractivity contribution in [3.05, 3.63) is 16.1 Å². The Kier molecular flexibility index (Phi) is 4.11. The van der Waals surface area contributed by atoms with Gasteiger partial charge in [-0.1, -0.05) is 27.7 Å². The molecule has 3 nitrogen and oxygen atoms in total. The van der Waals surface area contributed by atoms with E-state index in [1.54, 1.807) is 11.3 Å². The Morgan fingerprint density at radius 3 is 2.79 bits per heavy atom. The fourth-order valence-corrected chi connectivity index (χ4v) is 3.40. The van der Waals surface area contributed by atoms with Crippen LogP contribution in [-0.2, 0) is 16.6 Å². The topological polar surface area (TPSA) is 42.0 Å². The number of rotatable bonds is 3. The van der Waals surface area contributed by atoms with Crippen molar-refractivity contribution >= 4 is 17.1 Å².